The monoisotopic (exact) mass is 358 g/mol. The molecule has 1 N–H and O–H groups in total. The van der Waals surface area contributed by atoms with Crippen LogP contribution >= 0.6 is 34.5 Å². The number of anilines is 1. The van der Waals surface area contributed by atoms with Crippen molar-refractivity contribution in [1.82, 2.24) is 4.98 Å². The van der Waals surface area contributed by atoms with Gasteiger partial charge in [0.05, 0.1) is 0 Å². The van der Waals surface area contributed by atoms with Crippen LogP contribution in [0.3, 0.4) is 0 Å². The Labute approximate surface area is 143 Å². The third-order valence-corrected chi connectivity index (χ3v) is 4.44. The lowest BCUT2D eigenvalue weighted by Gasteiger charge is -2.03. The molecule has 0 aliphatic rings. The number of methoxy groups -OCH3 is 1. The number of benzene rings is 1. The highest BCUT2D eigenvalue weighted by Gasteiger charge is 2.09. The zero-order valence-corrected chi connectivity index (χ0v) is 14.4. The number of hydrogen-bond donors (Lipinski definition) is 1. The lowest BCUT2D eigenvalue weighted by Crippen LogP contribution is -2.11. The van der Waals surface area contributed by atoms with Crippen LogP contribution in [0.2, 0.25) is 10.0 Å². The van der Waals surface area contributed by atoms with Crippen molar-refractivity contribution in [1.29, 1.82) is 0 Å². The third kappa shape index (κ3) is 5.25. The summed E-state index contributed by atoms with van der Waals surface area (Å²) in [4.78, 5) is 16.9. The molecular weight excluding hydrogens is 343 g/mol. The number of carbonyl (C=O) groups excluding carboxylic acids is 1. The Hall–Kier alpha value is -1.14. The van der Waals surface area contributed by atoms with Gasteiger partial charge in [0.1, 0.15) is 0 Å². The Morgan fingerprint density at radius 1 is 1.41 bits per heavy atom. The largest absolute Gasteiger partial charge is 0.385 e. The molecule has 0 saturated heterocycles. The molecule has 0 saturated carbocycles. The van der Waals surface area contributed by atoms with Gasteiger partial charge in [-0.05, 0) is 30.2 Å². The lowest BCUT2D eigenvalue weighted by molar-refractivity contribution is -0.116. The van der Waals surface area contributed by atoms with Gasteiger partial charge in [-0.25, -0.2) is 4.98 Å². The van der Waals surface area contributed by atoms with Crippen molar-refractivity contribution in [3.63, 3.8) is 0 Å². The number of nitrogens with one attached hydrogen (secondary N) is 1. The number of carbonyl (C=O) groups is 1. The summed E-state index contributed by atoms with van der Waals surface area (Å²) in [5.74, 6) is -0.0567. The second-order valence-electron chi connectivity index (χ2n) is 4.69. The van der Waals surface area contributed by atoms with Crippen LogP contribution < -0.4 is 5.32 Å². The number of nitrogens with zero attached hydrogens (tertiary/aromatic N) is 1. The molecule has 4 nitrogen and oxygen atoms in total. The number of rotatable bonds is 7. The fourth-order valence-electron chi connectivity index (χ4n) is 1.87. The van der Waals surface area contributed by atoms with E-state index in [-0.39, 0.29) is 5.91 Å². The smallest absolute Gasteiger partial charge is 0.226 e. The van der Waals surface area contributed by atoms with Crippen molar-refractivity contribution < 1.29 is 9.53 Å². The second-order valence-corrected chi connectivity index (χ2v) is 6.65. The third-order valence-electron chi connectivity index (χ3n) is 2.92. The summed E-state index contributed by atoms with van der Waals surface area (Å²) < 4.78 is 4.92. The number of thiazole rings is 1. The van der Waals surface area contributed by atoms with E-state index < -0.39 is 0 Å². The predicted molar refractivity (Wildman–Crippen MR) is 91.1 cm³/mol. The van der Waals surface area contributed by atoms with E-state index in [1.807, 2.05) is 6.07 Å². The van der Waals surface area contributed by atoms with Crippen LogP contribution in [0.5, 0.6) is 0 Å². The molecule has 2 aromatic rings. The first-order valence-corrected chi connectivity index (χ1v) is 8.33. The summed E-state index contributed by atoms with van der Waals surface area (Å²) >= 11 is 13.6. The Morgan fingerprint density at radius 2 is 2.23 bits per heavy atom. The molecule has 2 rings (SSSR count). The first-order chi connectivity index (χ1) is 10.6. The van der Waals surface area contributed by atoms with Crippen LogP contribution in [0.15, 0.2) is 24.4 Å². The van der Waals surface area contributed by atoms with Gasteiger partial charge >= 0.3 is 0 Å². The maximum absolute atomic E-state index is 11.7. The minimum atomic E-state index is -0.0567. The predicted octanol–water partition coefficient (Wildman–Crippen LogP) is 4.41. The average molecular weight is 359 g/mol. The number of amides is 1. The fourth-order valence-corrected chi connectivity index (χ4v) is 3.10. The van der Waals surface area contributed by atoms with E-state index in [1.54, 1.807) is 25.4 Å². The van der Waals surface area contributed by atoms with E-state index in [2.05, 4.69) is 10.3 Å². The van der Waals surface area contributed by atoms with Crippen molar-refractivity contribution in [3.05, 3.63) is 44.9 Å². The van der Waals surface area contributed by atoms with Crippen LogP contribution in [0.4, 0.5) is 5.13 Å². The van der Waals surface area contributed by atoms with Crippen LogP contribution in [0.1, 0.15) is 23.3 Å². The highest BCUT2D eigenvalue weighted by Crippen LogP contribution is 2.27. The van der Waals surface area contributed by atoms with Crippen molar-refractivity contribution >= 4 is 45.6 Å². The molecule has 1 aromatic heterocycles. The van der Waals surface area contributed by atoms with E-state index in [4.69, 9.17) is 27.9 Å². The van der Waals surface area contributed by atoms with E-state index in [9.17, 15) is 4.79 Å². The SMILES string of the molecule is COCCCC(=O)Nc1ncc(Cc2cc(Cl)ccc2Cl)s1. The summed E-state index contributed by atoms with van der Waals surface area (Å²) in [5.41, 5.74) is 0.941. The minimum Gasteiger partial charge on any atom is -0.385 e. The van der Waals surface area contributed by atoms with E-state index in [0.29, 0.717) is 41.0 Å². The van der Waals surface area contributed by atoms with Crippen LogP contribution in [-0.2, 0) is 16.0 Å². The molecule has 1 heterocycles. The molecule has 0 radical (unpaired) electrons. The zero-order chi connectivity index (χ0) is 15.9. The average Bonchev–Trinajstić information content (AvgIpc) is 2.90. The van der Waals surface area contributed by atoms with Gasteiger partial charge in [-0.3, -0.25) is 4.79 Å². The van der Waals surface area contributed by atoms with Gasteiger partial charge < -0.3 is 10.1 Å². The Kier molecular flexibility index (Phi) is 6.64. The summed E-state index contributed by atoms with van der Waals surface area (Å²) in [7, 11) is 1.62. The van der Waals surface area contributed by atoms with Crippen LogP contribution in [0, 0.1) is 0 Å². The first kappa shape index (κ1) is 17.2. The molecule has 1 amide bonds. The van der Waals surface area contributed by atoms with Gasteiger partial charge in [0, 0.05) is 47.7 Å². The molecule has 1 aromatic carbocycles. The summed E-state index contributed by atoms with van der Waals surface area (Å²) in [5, 5.41) is 4.70. The van der Waals surface area contributed by atoms with Gasteiger partial charge in [-0.15, -0.1) is 11.3 Å². The van der Waals surface area contributed by atoms with E-state index in [0.717, 1.165) is 10.4 Å². The Morgan fingerprint density at radius 3 is 3.00 bits per heavy atom. The summed E-state index contributed by atoms with van der Waals surface area (Å²) in [6.07, 6.45) is 3.49. The lowest BCUT2D eigenvalue weighted by atomic mass is 10.1. The normalized spacial score (nSPS) is 10.7. The molecule has 0 atom stereocenters. The Bertz CT molecular complexity index is 646. The van der Waals surface area contributed by atoms with Crippen LogP contribution in [-0.4, -0.2) is 24.6 Å². The quantitative estimate of drug-likeness (QED) is 0.746. The standard InChI is InChI=1S/C15H16Cl2N2O2S/c1-21-6-2-3-14(20)19-15-18-9-12(22-15)8-10-7-11(16)4-5-13(10)17/h4-5,7,9H,2-3,6,8H2,1H3,(H,18,19,20). The molecule has 7 heteroatoms. The maximum atomic E-state index is 11.7. The number of hydrogen-bond acceptors (Lipinski definition) is 4. The minimum absolute atomic E-state index is 0.0567. The van der Waals surface area contributed by atoms with Gasteiger partial charge in [-0.1, -0.05) is 23.2 Å². The molecule has 0 aliphatic carbocycles. The van der Waals surface area contributed by atoms with Gasteiger partial charge in [0.25, 0.3) is 0 Å². The number of aromatic nitrogens is 1. The molecule has 0 unspecified atom stereocenters. The topological polar surface area (TPSA) is 51.2 Å². The first-order valence-electron chi connectivity index (χ1n) is 6.76. The van der Waals surface area contributed by atoms with Gasteiger partial charge in [0.15, 0.2) is 5.13 Å². The summed E-state index contributed by atoms with van der Waals surface area (Å²) in [6, 6.07) is 5.37. The van der Waals surface area contributed by atoms with Crippen molar-refractivity contribution in [3.8, 4) is 0 Å². The number of halogens is 2. The maximum Gasteiger partial charge on any atom is 0.226 e. The molecular formula is C15H16Cl2N2O2S. The highest BCUT2D eigenvalue weighted by molar-refractivity contribution is 7.15. The molecule has 0 spiro atoms. The van der Waals surface area contributed by atoms with E-state index in [1.165, 1.54) is 11.3 Å². The molecule has 22 heavy (non-hydrogen) atoms. The molecule has 0 fully saturated rings. The van der Waals surface area contributed by atoms with Crippen molar-refractivity contribution in [2.75, 3.05) is 19.0 Å². The van der Waals surface area contributed by atoms with E-state index >= 15 is 0 Å². The van der Waals surface area contributed by atoms with Crippen molar-refractivity contribution in [2.24, 2.45) is 0 Å². The molecule has 0 aliphatic heterocycles. The molecule has 118 valence electrons. The van der Waals surface area contributed by atoms with Crippen LogP contribution in [0.25, 0.3) is 0 Å². The zero-order valence-electron chi connectivity index (χ0n) is 12.1. The highest BCUT2D eigenvalue weighted by atomic mass is 35.5. The second kappa shape index (κ2) is 8.48. The van der Waals surface area contributed by atoms with Gasteiger partial charge in [0.2, 0.25) is 5.91 Å². The summed E-state index contributed by atoms with van der Waals surface area (Å²) in [6.45, 7) is 0.573. The Balaban J connectivity index is 1.94. The number of ether oxygens (including phenoxy) is 1. The fraction of sp³-hybridized carbons (Fsp3) is 0.333. The van der Waals surface area contributed by atoms with Gasteiger partial charge in [-0.2, -0.15) is 0 Å². The molecule has 0 bridgehead atoms. The van der Waals surface area contributed by atoms with Crippen molar-refractivity contribution in [2.45, 2.75) is 19.3 Å².